The van der Waals surface area contributed by atoms with Crippen molar-refractivity contribution in [3.05, 3.63) is 22.2 Å². The first-order valence-electron chi connectivity index (χ1n) is 7.60. The standard InChI is InChI=1S/C16H25BrN2O2/c1-3-19(14-6-4-5-12(14)9-18)10-11-7-13(17)16(20)15(8-11)21-2/h7-8,12,14,20H,3-6,9-10,18H2,1-2H3. The van der Waals surface area contributed by atoms with E-state index in [9.17, 15) is 5.11 Å². The maximum absolute atomic E-state index is 9.90. The Morgan fingerprint density at radius 3 is 2.81 bits per heavy atom. The lowest BCUT2D eigenvalue weighted by Gasteiger charge is -2.32. The van der Waals surface area contributed by atoms with Gasteiger partial charge in [-0.3, -0.25) is 4.90 Å². The van der Waals surface area contributed by atoms with E-state index in [4.69, 9.17) is 10.5 Å². The van der Waals surface area contributed by atoms with Gasteiger partial charge in [-0.1, -0.05) is 13.3 Å². The first kappa shape index (κ1) is 16.6. The third-order valence-electron chi connectivity index (χ3n) is 4.49. The van der Waals surface area contributed by atoms with Gasteiger partial charge >= 0.3 is 0 Å². The van der Waals surface area contributed by atoms with E-state index in [1.54, 1.807) is 7.11 Å². The van der Waals surface area contributed by atoms with Crippen LogP contribution in [0, 0.1) is 5.92 Å². The van der Waals surface area contributed by atoms with E-state index < -0.39 is 0 Å². The van der Waals surface area contributed by atoms with Crippen molar-refractivity contribution >= 4 is 15.9 Å². The molecule has 1 saturated carbocycles. The first-order chi connectivity index (χ1) is 10.1. The number of phenolic OH excluding ortho intramolecular Hbond substituents is 1. The number of ether oxygens (including phenoxy) is 1. The summed E-state index contributed by atoms with van der Waals surface area (Å²) in [5.74, 6) is 1.27. The molecular weight excluding hydrogens is 332 g/mol. The number of nitrogens with two attached hydrogens (primary N) is 1. The third kappa shape index (κ3) is 3.71. The van der Waals surface area contributed by atoms with Gasteiger partial charge in [-0.15, -0.1) is 0 Å². The molecule has 1 aromatic rings. The molecule has 0 bridgehead atoms. The number of hydrogen-bond acceptors (Lipinski definition) is 4. The SMILES string of the molecule is CCN(Cc1cc(Br)c(O)c(OC)c1)C1CCCC1CN. The van der Waals surface area contributed by atoms with Crippen molar-refractivity contribution in [2.24, 2.45) is 11.7 Å². The number of halogens is 1. The van der Waals surface area contributed by atoms with Crippen LogP contribution >= 0.6 is 15.9 Å². The zero-order valence-corrected chi connectivity index (χ0v) is 14.4. The summed E-state index contributed by atoms with van der Waals surface area (Å²) >= 11 is 3.39. The van der Waals surface area contributed by atoms with Crippen LogP contribution in [0.5, 0.6) is 11.5 Å². The normalized spacial score (nSPS) is 22.0. The lowest BCUT2D eigenvalue weighted by molar-refractivity contribution is 0.162. The second kappa shape index (κ2) is 7.47. The van der Waals surface area contributed by atoms with Crippen molar-refractivity contribution in [3.63, 3.8) is 0 Å². The number of nitrogens with zero attached hydrogens (tertiary/aromatic N) is 1. The van der Waals surface area contributed by atoms with Crippen LogP contribution < -0.4 is 10.5 Å². The van der Waals surface area contributed by atoms with Gasteiger partial charge in [0.05, 0.1) is 11.6 Å². The fourth-order valence-corrected chi connectivity index (χ4v) is 3.83. The molecule has 21 heavy (non-hydrogen) atoms. The van der Waals surface area contributed by atoms with E-state index in [1.165, 1.54) is 19.3 Å². The van der Waals surface area contributed by atoms with E-state index in [2.05, 4.69) is 27.8 Å². The molecule has 4 nitrogen and oxygen atoms in total. The van der Waals surface area contributed by atoms with E-state index in [1.807, 2.05) is 12.1 Å². The van der Waals surface area contributed by atoms with Crippen LogP contribution in [0.4, 0.5) is 0 Å². The van der Waals surface area contributed by atoms with Gasteiger partial charge in [-0.2, -0.15) is 0 Å². The smallest absolute Gasteiger partial charge is 0.172 e. The van der Waals surface area contributed by atoms with Crippen LogP contribution in [0.3, 0.4) is 0 Å². The summed E-state index contributed by atoms with van der Waals surface area (Å²) in [5, 5.41) is 9.90. The Labute approximate surface area is 135 Å². The molecule has 0 heterocycles. The Hall–Kier alpha value is -0.780. The molecule has 1 aliphatic carbocycles. The molecule has 2 unspecified atom stereocenters. The van der Waals surface area contributed by atoms with Crippen molar-refractivity contribution in [2.45, 2.75) is 38.8 Å². The Morgan fingerprint density at radius 2 is 2.19 bits per heavy atom. The predicted molar refractivity (Wildman–Crippen MR) is 88.6 cm³/mol. The summed E-state index contributed by atoms with van der Waals surface area (Å²) in [5.41, 5.74) is 7.05. The van der Waals surface area contributed by atoms with Gasteiger partial charge in [0, 0.05) is 12.6 Å². The lowest BCUT2D eigenvalue weighted by Crippen LogP contribution is -2.39. The molecule has 118 valence electrons. The molecule has 0 aromatic heterocycles. The Bertz CT molecular complexity index is 482. The summed E-state index contributed by atoms with van der Waals surface area (Å²) in [6.07, 6.45) is 3.73. The highest BCUT2D eigenvalue weighted by molar-refractivity contribution is 9.10. The highest BCUT2D eigenvalue weighted by Crippen LogP contribution is 2.36. The maximum Gasteiger partial charge on any atom is 0.172 e. The molecular formula is C16H25BrN2O2. The molecule has 0 saturated heterocycles. The van der Waals surface area contributed by atoms with E-state index >= 15 is 0 Å². The van der Waals surface area contributed by atoms with Gasteiger partial charge < -0.3 is 15.6 Å². The average molecular weight is 357 g/mol. The van der Waals surface area contributed by atoms with Crippen LogP contribution in [-0.2, 0) is 6.54 Å². The van der Waals surface area contributed by atoms with E-state index in [0.29, 0.717) is 22.2 Å². The second-order valence-electron chi connectivity index (χ2n) is 5.69. The predicted octanol–water partition coefficient (Wildman–Crippen LogP) is 3.11. The molecule has 0 radical (unpaired) electrons. The molecule has 0 aliphatic heterocycles. The third-order valence-corrected chi connectivity index (χ3v) is 5.10. The first-order valence-corrected chi connectivity index (χ1v) is 8.39. The van der Waals surface area contributed by atoms with Gasteiger partial charge in [0.15, 0.2) is 11.5 Å². The van der Waals surface area contributed by atoms with Gasteiger partial charge in [0.25, 0.3) is 0 Å². The Kier molecular flexibility index (Phi) is 5.90. The molecule has 5 heteroatoms. The second-order valence-corrected chi connectivity index (χ2v) is 6.54. The van der Waals surface area contributed by atoms with Crippen molar-refractivity contribution in [2.75, 3.05) is 20.2 Å². The Balaban J connectivity index is 2.17. The zero-order valence-electron chi connectivity index (χ0n) is 12.8. The van der Waals surface area contributed by atoms with Gasteiger partial charge in [-0.25, -0.2) is 0 Å². The molecule has 0 amide bonds. The van der Waals surface area contributed by atoms with Gasteiger partial charge in [0.1, 0.15) is 0 Å². The van der Waals surface area contributed by atoms with Crippen molar-refractivity contribution in [1.29, 1.82) is 0 Å². The molecule has 1 fully saturated rings. The van der Waals surface area contributed by atoms with Gasteiger partial charge in [-0.05, 0) is 65.5 Å². The Morgan fingerprint density at radius 1 is 1.43 bits per heavy atom. The number of hydrogen-bond donors (Lipinski definition) is 2. The largest absolute Gasteiger partial charge is 0.503 e. The van der Waals surface area contributed by atoms with Crippen molar-refractivity contribution in [3.8, 4) is 11.5 Å². The molecule has 2 atom stereocenters. The topological polar surface area (TPSA) is 58.7 Å². The highest BCUT2D eigenvalue weighted by atomic mass is 79.9. The minimum absolute atomic E-state index is 0.157. The number of methoxy groups -OCH3 is 1. The van der Waals surface area contributed by atoms with Crippen LogP contribution in [-0.4, -0.2) is 36.2 Å². The minimum Gasteiger partial charge on any atom is -0.503 e. The molecule has 1 aliphatic rings. The van der Waals surface area contributed by atoms with Crippen LogP contribution in [0.1, 0.15) is 31.7 Å². The van der Waals surface area contributed by atoms with Crippen LogP contribution in [0.15, 0.2) is 16.6 Å². The van der Waals surface area contributed by atoms with Crippen molar-refractivity contribution in [1.82, 2.24) is 4.90 Å². The fraction of sp³-hybridized carbons (Fsp3) is 0.625. The summed E-state index contributed by atoms with van der Waals surface area (Å²) in [6.45, 7) is 4.82. The average Bonchev–Trinajstić information content (AvgIpc) is 2.96. The minimum atomic E-state index is 0.157. The molecule has 2 rings (SSSR count). The number of aromatic hydroxyl groups is 1. The monoisotopic (exact) mass is 356 g/mol. The summed E-state index contributed by atoms with van der Waals surface area (Å²) in [7, 11) is 1.57. The summed E-state index contributed by atoms with van der Waals surface area (Å²) in [6, 6.07) is 4.45. The highest BCUT2D eigenvalue weighted by Gasteiger charge is 2.30. The molecule has 0 spiro atoms. The van der Waals surface area contributed by atoms with Crippen LogP contribution in [0.2, 0.25) is 0 Å². The number of phenols is 1. The number of rotatable bonds is 6. The van der Waals surface area contributed by atoms with Crippen LogP contribution in [0.25, 0.3) is 0 Å². The molecule has 3 N–H and O–H groups in total. The summed E-state index contributed by atoms with van der Waals surface area (Å²) in [4.78, 5) is 2.49. The van der Waals surface area contributed by atoms with E-state index in [0.717, 1.165) is 25.2 Å². The maximum atomic E-state index is 9.90. The number of benzene rings is 1. The summed E-state index contributed by atoms with van der Waals surface area (Å²) < 4.78 is 5.91. The zero-order chi connectivity index (χ0) is 15.4. The molecule has 1 aromatic carbocycles. The van der Waals surface area contributed by atoms with Crippen molar-refractivity contribution < 1.29 is 9.84 Å². The quantitative estimate of drug-likeness (QED) is 0.821. The lowest BCUT2D eigenvalue weighted by atomic mass is 10.0. The fourth-order valence-electron chi connectivity index (χ4n) is 3.35. The van der Waals surface area contributed by atoms with E-state index in [-0.39, 0.29) is 5.75 Å². The van der Waals surface area contributed by atoms with Gasteiger partial charge in [0.2, 0.25) is 0 Å².